The number of ether oxygens (including phenoxy) is 1. The number of rotatable bonds is 7. The zero-order valence-corrected chi connectivity index (χ0v) is 14.2. The fraction of sp³-hybridized carbons (Fsp3) is 0.400. The maximum absolute atomic E-state index is 13.6. The third kappa shape index (κ3) is 6.35. The molecule has 0 spiro atoms. The van der Waals surface area contributed by atoms with E-state index in [1.54, 1.807) is 0 Å². The van der Waals surface area contributed by atoms with Crippen LogP contribution in [0.5, 0.6) is 5.75 Å². The number of benzene rings is 1. The fourth-order valence-electron chi connectivity index (χ4n) is 1.86. The van der Waals surface area contributed by atoms with Gasteiger partial charge >= 0.3 is 12.1 Å². The van der Waals surface area contributed by atoms with Crippen LogP contribution in [0.1, 0.15) is 20.7 Å². The van der Waals surface area contributed by atoms with E-state index in [4.69, 9.17) is 0 Å². The van der Waals surface area contributed by atoms with Crippen molar-refractivity contribution in [1.82, 2.24) is 10.6 Å². The minimum Gasteiger partial charge on any atom is -0.506 e. The van der Waals surface area contributed by atoms with Crippen LogP contribution in [-0.2, 0) is 9.53 Å². The van der Waals surface area contributed by atoms with Crippen molar-refractivity contribution in [1.29, 1.82) is 0 Å². The van der Waals surface area contributed by atoms with Gasteiger partial charge < -0.3 is 30.7 Å². The molecule has 9 nitrogen and oxygen atoms in total. The zero-order valence-electron chi connectivity index (χ0n) is 14.2. The number of carbonyl (C=O) groups is 3. The van der Waals surface area contributed by atoms with Gasteiger partial charge in [-0.3, -0.25) is 9.59 Å². The Balaban J connectivity index is 2.93. The summed E-state index contributed by atoms with van der Waals surface area (Å²) in [5, 5.41) is 32.3. The lowest BCUT2D eigenvalue weighted by atomic mass is 10.1. The van der Waals surface area contributed by atoms with E-state index >= 15 is 0 Å². The molecule has 0 bridgehead atoms. The number of hydrogen-bond acceptors (Lipinski definition) is 7. The van der Waals surface area contributed by atoms with Crippen LogP contribution in [0, 0.1) is 5.82 Å². The monoisotopic (exact) mass is 412 g/mol. The highest BCUT2D eigenvalue weighted by Crippen LogP contribution is 2.25. The largest absolute Gasteiger partial charge is 0.506 e. The second kappa shape index (κ2) is 9.32. The Morgan fingerprint density at radius 1 is 1.18 bits per heavy atom. The van der Waals surface area contributed by atoms with Gasteiger partial charge in [-0.15, -0.1) is 0 Å². The highest BCUT2D eigenvalue weighted by molar-refractivity contribution is 6.02. The number of halogens is 4. The van der Waals surface area contributed by atoms with Crippen molar-refractivity contribution in [3.8, 4) is 5.75 Å². The highest BCUT2D eigenvalue weighted by Gasteiger charge is 2.30. The number of aromatic hydroxyl groups is 1. The molecule has 2 atom stereocenters. The third-order valence-electron chi connectivity index (χ3n) is 3.25. The minimum atomic E-state index is -4.76. The molecule has 0 aliphatic carbocycles. The second-order valence-electron chi connectivity index (χ2n) is 5.37. The Bertz CT molecular complexity index is 755. The van der Waals surface area contributed by atoms with Gasteiger partial charge in [0.15, 0.2) is 6.10 Å². The van der Waals surface area contributed by atoms with Crippen molar-refractivity contribution >= 4 is 17.8 Å². The number of likely N-dealkylation sites (N-methyl/N-ethyl adjacent to an activating group) is 1. The summed E-state index contributed by atoms with van der Waals surface area (Å²) in [5.74, 6) is -6.36. The van der Waals surface area contributed by atoms with Crippen molar-refractivity contribution in [2.75, 3.05) is 20.2 Å². The molecule has 2 amide bonds. The van der Waals surface area contributed by atoms with Gasteiger partial charge in [0.25, 0.3) is 11.8 Å². The predicted molar refractivity (Wildman–Crippen MR) is 82.8 cm³/mol. The van der Waals surface area contributed by atoms with E-state index in [0.717, 1.165) is 0 Å². The SMILES string of the molecule is CNC(=O)C(O)C(O)COC(=O)c1cc(F)cc(C(=O)NCC(F)(F)F)c1O. The molecule has 0 fully saturated rings. The van der Waals surface area contributed by atoms with Crippen LogP contribution < -0.4 is 10.6 Å². The molecule has 0 radical (unpaired) electrons. The molecule has 1 aromatic carbocycles. The van der Waals surface area contributed by atoms with Gasteiger partial charge in [-0.2, -0.15) is 13.2 Å². The molecule has 156 valence electrons. The first kappa shape index (κ1) is 23.1. The molecule has 5 N–H and O–H groups in total. The van der Waals surface area contributed by atoms with E-state index in [-0.39, 0.29) is 0 Å². The van der Waals surface area contributed by atoms with Gasteiger partial charge in [-0.05, 0) is 12.1 Å². The summed E-state index contributed by atoms with van der Waals surface area (Å²) in [4.78, 5) is 34.8. The fourth-order valence-corrected chi connectivity index (χ4v) is 1.86. The number of alkyl halides is 3. The first-order valence-electron chi connectivity index (χ1n) is 7.49. The smallest absolute Gasteiger partial charge is 0.405 e. The molecular weight excluding hydrogens is 396 g/mol. The molecule has 0 saturated carbocycles. The Labute approximate surface area is 154 Å². The quantitative estimate of drug-likeness (QED) is 0.298. The van der Waals surface area contributed by atoms with Crippen LogP contribution in [0.3, 0.4) is 0 Å². The number of hydrogen-bond donors (Lipinski definition) is 5. The van der Waals surface area contributed by atoms with E-state index in [2.05, 4.69) is 4.74 Å². The first-order valence-corrected chi connectivity index (χ1v) is 7.49. The summed E-state index contributed by atoms with van der Waals surface area (Å²) >= 11 is 0. The average molecular weight is 412 g/mol. The molecule has 2 unspecified atom stereocenters. The van der Waals surface area contributed by atoms with Gasteiger partial charge in [0, 0.05) is 7.05 Å². The lowest BCUT2D eigenvalue weighted by molar-refractivity contribution is -0.136. The van der Waals surface area contributed by atoms with Gasteiger partial charge in [-0.25, -0.2) is 9.18 Å². The molecule has 1 aromatic rings. The van der Waals surface area contributed by atoms with Crippen molar-refractivity contribution in [2.45, 2.75) is 18.4 Å². The lowest BCUT2D eigenvalue weighted by Gasteiger charge is -2.17. The van der Waals surface area contributed by atoms with E-state index in [0.29, 0.717) is 12.1 Å². The van der Waals surface area contributed by atoms with Crippen molar-refractivity contribution in [3.63, 3.8) is 0 Å². The Kier molecular flexibility index (Phi) is 7.69. The van der Waals surface area contributed by atoms with Crippen LogP contribution >= 0.6 is 0 Å². The Morgan fingerprint density at radius 2 is 1.75 bits per heavy atom. The highest BCUT2D eigenvalue weighted by atomic mass is 19.4. The summed E-state index contributed by atoms with van der Waals surface area (Å²) in [6.07, 6.45) is -8.58. The standard InChI is InChI=1S/C15H16F4N2O7/c1-20-13(26)11(24)9(22)4-28-14(27)8-3-6(16)2-7(10(8)23)12(25)21-5-15(17,18)19/h2-3,9,11,22-24H,4-5H2,1H3,(H,20,26)(H,21,25). The second-order valence-corrected chi connectivity index (χ2v) is 5.37. The van der Waals surface area contributed by atoms with Crippen molar-refractivity contribution < 1.29 is 52.0 Å². The number of esters is 1. The van der Waals surface area contributed by atoms with Gasteiger partial charge in [0.1, 0.15) is 36.4 Å². The number of aliphatic hydroxyl groups excluding tert-OH is 2. The first-order chi connectivity index (χ1) is 12.9. The molecule has 0 aliphatic heterocycles. The number of phenols is 1. The normalized spacial score (nSPS) is 13.4. The number of phenolic OH excluding ortho intramolecular Hbond substituents is 1. The summed E-state index contributed by atoms with van der Waals surface area (Å²) in [5.41, 5.74) is -1.87. The van der Waals surface area contributed by atoms with Gasteiger partial charge in [0.2, 0.25) is 0 Å². The maximum Gasteiger partial charge on any atom is 0.405 e. The molecule has 0 heterocycles. The maximum atomic E-state index is 13.6. The number of aliphatic hydroxyl groups is 2. The Morgan fingerprint density at radius 3 is 2.29 bits per heavy atom. The van der Waals surface area contributed by atoms with Crippen LogP contribution in [-0.4, -0.2) is 71.7 Å². The topological polar surface area (TPSA) is 145 Å². The van der Waals surface area contributed by atoms with E-state index < -0.39 is 72.0 Å². The summed E-state index contributed by atoms with van der Waals surface area (Å²) in [6, 6.07) is 0.849. The molecule has 13 heteroatoms. The number of nitrogens with one attached hydrogen (secondary N) is 2. The summed E-state index contributed by atoms with van der Waals surface area (Å²) < 4.78 is 54.6. The molecule has 1 rings (SSSR count). The number of amides is 2. The van der Waals surface area contributed by atoms with Crippen LogP contribution in [0.4, 0.5) is 17.6 Å². The van der Waals surface area contributed by atoms with Crippen molar-refractivity contribution in [2.24, 2.45) is 0 Å². The van der Waals surface area contributed by atoms with Gasteiger partial charge in [-0.1, -0.05) is 0 Å². The van der Waals surface area contributed by atoms with E-state index in [9.17, 15) is 47.3 Å². The summed E-state index contributed by atoms with van der Waals surface area (Å²) in [6.45, 7) is -2.70. The molecular formula is C15H16F4N2O7. The van der Waals surface area contributed by atoms with Crippen LogP contribution in [0.2, 0.25) is 0 Å². The Hall–Kier alpha value is -2.93. The molecule has 0 saturated heterocycles. The van der Waals surface area contributed by atoms with Gasteiger partial charge in [0.05, 0.1) is 5.56 Å². The minimum absolute atomic E-state index is 0.405. The molecule has 0 aromatic heterocycles. The van der Waals surface area contributed by atoms with Crippen LogP contribution in [0.15, 0.2) is 12.1 Å². The molecule has 0 aliphatic rings. The molecule has 28 heavy (non-hydrogen) atoms. The van der Waals surface area contributed by atoms with Crippen molar-refractivity contribution in [3.05, 3.63) is 29.1 Å². The third-order valence-corrected chi connectivity index (χ3v) is 3.25. The van der Waals surface area contributed by atoms with E-state index in [1.807, 2.05) is 5.32 Å². The summed E-state index contributed by atoms with van der Waals surface area (Å²) in [7, 11) is 1.17. The zero-order chi connectivity index (χ0) is 21.6. The van der Waals surface area contributed by atoms with E-state index in [1.165, 1.54) is 12.4 Å². The predicted octanol–water partition coefficient (Wildman–Crippen LogP) is -0.552. The number of carbonyl (C=O) groups excluding carboxylic acids is 3. The van der Waals surface area contributed by atoms with Crippen LogP contribution in [0.25, 0.3) is 0 Å². The average Bonchev–Trinajstić information content (AvgIpc) is 2.63. The lowest BCUT2D eigenvalue weighted by Crippen LogP contribution is -2.43.